The van der Waals surface area contributed by atoms with E-state index in [1.807, 2.05) is 0 Å². The van der Waals surface area contributed by atoms with Crippen molar-refractivity contribution in [2.24, 2.45) is 11.8 Å². The van der Waals surface area contributed by atoms with Crippen molar-refractivity contribution in [1.29, 1.82) is 0 Å². The van der Waals surface area contributed by atoms with Crippen molar-refractivity contribution in [3.05, 3.63) is 0 Å². The zero-order valence-electron chi connectivity index (χ0n) is 6.22. The van der Waals surface area contributed by atoms with E-state index in [2.05, 4.69) is 20.8 Å². The molecule has 3 heterocycles. The van der Waals surface area contributed by atoms with Gasteiger partial charge in [0.25, 0.3) is 0 Å². The minimum atomic E-state index is 0.961. The lowest BCUT2D eigenvalue weighted by Gasteiger charge is -2.44. The third-order valence-corrected chi connectivity index (χ3v) is 3.82. The molecule has 0 aromatic rings. The first kappa shape index (κ1) is 7.11. The molecule has 10 heavy (non-hydrogen) atoms. The second kappa shape index (κ2) is 2.82. The highest BCUT2D eigenvalue weighted by atomic mass is 79.9. The summed E-state index contributed by atoms with van der Waals surface area (Å²) in [6.07, 6.45) is 2.91. The maximum Gasteiger partial charge on any atom is 0.00745 e. The van der Waals surface area contributed by atoms with Crippen molar-refractivity contribution in [2.45, 2.75) is 12.8 Å². The van der Waals surface area contributed by atoms with Crippen molar-refractivity contribution in [2.75, 3.05) is 25.0 Å². The van der Waals surface area contributed by atoms with Crippen molar-refractivity contribution in [3.63, 3.8) is 0 Å². The molecule has 1 unspecified atom stereocenters. The Hall–Kier alpha value is 0.440. The Bertz CT molecular complexity index is 118. The lowest BCUT2D eigenvalue weighted by atomic mass is 9.80. The Morgan fingerprint density at radius 2 is 2.00 bits per heavy atom. The van der Waals surface area contributed by atoms with E-state index in [1.165, 1.54) is 37.8 Å². The average molecular weight is 204 g/mol. The second-order valence-electron chi connectivity index (χ2n) is 3.55. The van der Waals surface area contributed by atoms with Gasteiger partial charge in [-0.25, -0.2) is 0 Å². The molecule has 1 nitrogen and oxygen atoms in total. The molecular formula is C8H14BrN. The summed E-state index contributed by atoms with van der Waals surface area (Å²) in [6.45, 7) is 4.10. The van der Waals surface area contributed by atoms with Gasteiger partial charge in [-0.1, -0.05) is 15.9 Å². The quantitative estimate of drug-likeness (QED) is 0.588. The van der Waals surface area contributed by atoms with Crippen molar-refractivity contribution < 1.29 is 0 Å². The van der Waals surface area contributed by atoms with Gasteiger partial charge < -0.3 is 4.90 Å². The minimum Gasteiger partial charge on any atom is -0.303 e. The molecule has 0 aromatic carbocycles. The van der Waals surface area contributed by atoms with Crippen LogP contribution in [0.3, 0.4) is 0 Å². The molecule has 0 saturated carbocycles. The molecule has 0 radical (unpaired) electrons. The molecule has 3 aliphatic heterocycles. The first-order chi connectivity index (χ1) is 4.90. The van der Waals surface area contributed by atoms with Gasteiger partial charge in [-0.05, 0) is 37.8 Å². The van der Waals surface area contributed by atoms with Crippen molar-refractivity contribution >= 4 is 15.9 Å². The molecule has 0 N–H and O–H groups in total. The van der Waals surface area contributed by atoms with Gasteiger partial charge in [0.1, 0.15) is 0 Å². The molecule has 3 fully saturated rings. The Kier molecular flexibility index (Phi) is 2.01. The highest BCUT2D eigenvalue weighted by Gasteiger charge is 2.32. The number of rotatable bonds is 1. The highest BCUT2D eigenvalue weighted by molar-refractivity contribution is 9.09. The summed E-state index contributed by atoms with van der Waals surface area (Å²) in [5.74, 6) is 2.01. The van der Waals surface area contributed by atoms with Gasteiger partial charge in [0.2, 0.25) is 0 Å². The summed E-state index contributed by atoms with van der Waals surface area (Å²) >= 11 is 3.59. The molecule has 0 amide bonds. The summed E-state index contributed by atoms with van der Waals surface area (Å²) in [5.41, 5.74) is 0. The normalized spacial score (nSPS) is 45.9. The van der Waals surface area contributed by atoms with Crippen LogP contribution in [0, 0.1) is 11.8 Å². The number of nitrogens with zero attached hydrogens (tertiary/aromatic N) is 1. The monoisotopic (exact) mass is 203 g/mol. The maximum absolute atomic E-state index is 3.59. The van der Waals surface area contributed by atoms with E-state index in [1.54, 1.807) is 0 Å². The van der Waals surface area contributed by atoms with E-state index in [0.29, 0.717) is 0 Å². The number of halogens is 1. The molecule has 0 aliphatic carbocycles. The predicted octanol–water partition coefficient (Wildman–Crippen LogP) is 1.72. The van der Waals surface area contributed by atoms with Crippen molar-refractivity contribution in [3.8, 4) is 0 Å². The maximum atomic E-state index is 3.59. The van der Waals surface area contributed by atoms with Crippen molar-refractivity contribution in [1.82, 2.24) is 4.90 Å². The van der Waals surface area contributed by atoms with Crippen LogP contribution in [0.5, 0.6) is 0 Å². The van der Waals surface area contributed by atoms with Gasteiger partial charge in [0, 0.05) is 11.9 Å². The summed E-state index contributed by atoms with van der Waals surface area (Å²) in [6, 6.07) is 0. The van der Waals surface area contributed by atoms with Gasteiger partial charge in [0.05, 0.1) is 0 Å². The van der Waals surface area contributed by atoms with E-state index < -0.39 is 0 Å². The average Bonchev–Trinajstić information content (AvgIpc) is 2.06. The zero-order chi connectivity index (χ0) is 6.97. The summed E-state index contributed by atoms with van der Waals surface area (Å²) in [4.78, 5) is 2.60. The first-order valence-corrected chi connectivity index (χ1v) is 5.30. The smallest absolute Gasteiger partial charge is 0.00745 e. The first-order valence-electron chi connectivity index (χ1n) is 4.18. The number of hydrogen-bond donors (Lipinski definition) is 0. The van der Waals surface area contributed by atoms with E-state index >= 15 is 0 Å². The van der Waals surface area contributed by atoms with Crippen LogP contribution in [0.15, 0.2) is 0 Å². The third-order valence-electron chi connectivity index (χ3n) is 2.99. The summed E-state index contributed by atoms with van der Waals surface area (Å²) in [7, 11) is 0. The molecule has 3 aliphatic rings. The van der Waals surface area contributed by atoms with Gasteiger partial charge in [-0.3, -0.25) is 0 Å². The molecule has 1 atom stereocenters. The molecule has 0 spiro atoms. The van der Waals surface area contributed by atoms with E-state index in [-0.39, 0.29) is 0 Å². The van der Waals surface area contributed by atoms with Crippen LogP contribution in [-0.4, -0.2) is 29.9 Å². The molecule has 3 rings (SSSR count). The Balaban J connectivity index is 2.01. The largest absolute Gasteiger partial charge is 0.303 e. The van der Waals surface area contributed by atoms with Gasteiger partial charge in [-0.15, -0.1) is 0 Å². The van der Waals surface area contributed by atoms with Gasteiger partial charge in [0.15, 0.2) is 0 Å². The van der Waals surface area contributed by atoms with Gasteiger partial charge in [-0.2, -0.15) is 0 Å². The lowest BCUT2D eigenvalue weighted by Crippen LogP contribution is -2.47. The van der Waals surface area contributed by atoms with Crippen LogP contribution in [0.1, 0.15) is 12.8 Å². The van der Waals surface area contributed by atoms with Crippen LogP contribution < -0.4 is 0 Å². The second-order valence-corrected chi connectivity index (χ2v) is 4.20. The summed E-state index contributed by atoms with van der Waals surface area (Å²) < 4.78 is 0. The Morgan fingerprint density at radius 1 is 1.30 bits per heavy atom. The number of piperidine rings is 3. The fourth-order valence-electron chi connectivity index (χ4n) is 2.26. The molecule has 2 bridgehead atoms. The summed E-state index contributed by atoms with van der Waals surface area (Å²) in [5, 5.41) is 1.22. The molecule has 58 valence electrons. The zero-order valence-corrected chi connectivity index (χ0v) is 7.81. The topological polar surface area (TPSA) is 3.24 Å². The number of fused-ring (bicyclic) bond motifs is 3. The molecule has 3 saturated heterocycles. The standard InChI is InChI=1S/C8H14BrN/c9-5-8-6-10-3-1-7(8)2-4-10/h7-8H,1-6H2. The minimum absolute atomic E-state index is 0.961. The van der Waals surface area contributed by atoms with Crippen LogP contribution in [0.25, 0.3) is 0 Å². The number of alkyl halides is 1. The van der Waals surface area contributed by atoms with Crippen LogP contribution >= 0.6 is 15.9 Å². The fourth-order valence-corrected chi connectivity index (χ4v) is 3.00. The SMILES string of the molecule is BrCC1CN2CCC1CC2. The molecule has 0 aromatic heterocycles. The fraction of sp³-hybridized carbons (Fsp3) is 1.00. The van der Waals surface area contributed by atoms with E-state index in [9.17, 15) is 0 Å². The van der Waals surface area contributed by atoms with Crippen LogP contribution in [0.2, 0.25) is 0 Å². The van der Waals surface area contributed by atoms with E-state index in [4.69, 9.17) is 0 Å². The van der Waals surface area contributed by atoms with E-state index in [0.717, 1.165) is 11.8 Å². The van der Waals surface area contributed by atoms with Gasteiger partial charge >= 0.3 is 0 Å². The van der Waals surface area contributed by atoms with Crippen LogP contribution in [0.4, 0.5) is 0 Å². The molecule has 2 heteroatoms. The third kappa shape index (κ3) is 1.12. The van der Waals surface area contributed by atoms with Crippen LogP contribution in [-0.2, 0) is 0 Å². The predicted molar refractivity (Wildman–Crippen MR) is 46.4 cm³/mol. The highest BCUT2D eigenvalue weighted by Crippen LogP contribution is 2.32. The Labute approximate surface area is 70.9 Å². The lowest BCUT2D eigenvalue weighted by molar-refractivity contribution is 0.0632. The number of hydrogen-bond acceptors (Lipinski definition) is 1. The molecular weight excluding hydrogens is 190 g/mol. The Morgan fingerprint density at radius 3 is 2.30 bits per heavy atom.